The molecular weight excluding hydrogens is 372 g/mol. The Hall–Kier alpha value is -1.21. The number of ether oxygens (including phenoxy) is 1. The van der Waals surface area contributed by atoms with E-state index in [0.29, 0.717) is 38.5 Å². The topological polar surface area (TPSA) is 107 Å². The lowest BCUT2D eigenvalue weighted by Gasteiger charge is -2.66. The number of hydrogen-bond donors (Lipinski definition) is 4. The Morgan fingerprint density at radius 3 is 2.59 bits per heavy atom. The van der Waals surface area contributed by atoms with E-state index in [4.69, 9.17) is 4.74 Å². The molecule has 7 atom stereocenters. The van der Waals surface area contributed by atoms with Crippen molar-refractivity contribution >= 4 is 5.97 Å². The molecule has 29 heavy (non-hydrogen) atoms. The molecule has 6 nitrogen and oxygen atoms in total. The highest BCUT2D eigenvalue weighted by Gasteiger charge is 2.69. The Balaban J connectivity index is 1.52. The van der Waals surface area contributed by atoms with E-state index in [1.54, 1.807) is 6.08 Å². The molecule has 6 heteroatoms. The van der Waals surface area contributed by atoms with Crippen molar-refractivity contribution in [2.24, 2.45) is 22.7 Å². The lowest BCUT2D eigenvalue weighted by atomic mass is 9.41. The quantitative estimate of drug-likeness (QED) is 0.521. The molecule has 3 saturated carbocycles. The maximum atomic E-state index is 12.1. The zero-order chi connectivity index (χ0) is 20.7. The van der Waals surface area contributed by atoms with E-state index in [1.807, 2.05) is 0 Å². The molecule has 4 N–H and O–H groups in total. The van der Waals surface area contributed by atoms with Gasteiger partial charge in [0.05, 0.1) is 23.9 Å². The van der Waals surface area contributed by atoms with Crippen LogP contribution in [0, 0.1) is 22.7 Å². The third-order valence-corrected chi connectivity index (χ3v) is 9.51. The molecule has 3 fully saturated rings. The summed E-state index contributed by atoms with van der Waals surface area (Å²) in [5.41, 5.74) is -1.26. The molecule has 1 aliphatic heterocycles. The summed E-state index contributed by atoms with van der Waals surface area (Å²) in [7, 11) is 0. The van der Waals surface area contributed by atoms with Gasteiger partial charge in [-0.05, 0) is 62.4 Å². The highest BCUT2D eigenvalue weighted by molar-refractivity contribution is 5.86. The average Bonchev–Trinajstić information content (AvgIpc) is 3.21. The first-order chi connectivity index (χ1) is 13.7. The Morgan fingerprint density at radius 2 is 1.90 bits per heavy atom. The van der Waals surface area contributed by atoms with E-state index < -0.39 is 28.1 Å². The van der Waals surface area contributed by atoms with E-state index >= 15 is 0 Å². The van der Waals surface area contributed by atoms with Crippen molar-refractivity contribution in [2.75, 3.05) is 13.2 Å². The summed E-state index contributed by atoms with van der Waals surface area (Å²) in [6, 6.07) is 0. The van der Waals surface area contributed by atoms with E-state index in [2.05, 4.69) is 13.0 Å². The Morgan fingerprint density at radius 1 is 1.14 bits per heavy atom. The van der Waals surface area contributed by atoms with Gasteiger partial charge >= 0.3 is 5.97 Å². The lowest BCUT2D eigenvalue weighted by Crippen LogP contribution is -2.69. The maximum absolute atomic E-state index is 12.1. The number of fused-ring (bicyclic) bond motifs is 5. The number of aliphatic hydroxyl groups excluding tert-OH is 2. The molecule has 7 unspecified atom stereocenters. The van der Waals surface area contributed by atoms with Crippen molar-refractivity contribution in [3.8, 4) is 0 Å². The zero-order valence-electron chi connectivity index (χ0n) is 17.1. The first-order valence-electron chi connectivity index (χ1n) is 11.0. The largest absolute Gasteiger partial charge is 0.458 e. The molecular formula is C23H32O6. The van der Waals surface area contributed by atoms with Crippen molar-refractivity contribution in [3.63, 3.8) is 0 Å². The molecule has 5 aliphatic rings. The average molecular weight is 405 g/mol. The molecule has 0 aromatic rings. The summed E-state index contributed by atoms with van der Waals surface area (Å²) in [5, 5.41) is 44.3. The fourth-order valence-corrected chi connectivity index (χ4v) is 7.92. The van der Waals surface area contributed by atoms with Gasteiger partial charge in [0.15, 0.2) is 0 Å². The highest BCUT2D eigenvalue weighted by atomic mass is 16.5. The van der Waals surface area contributed by atoms with Crippen LogP contribution in [0.1, 0.15) is 58.3 Å². The summed E-state index contributed by atoms with van der Waals surface area (Å²) in [6.45, 7) is 2.25. The van der Waals surface area contributed by atoms with Crippen LogP contribution in [0.2, 0.25) is 0 Å². The third kappa shape index (κ3) is 2.34. The van der Waals surface area contributed by atoms with Crippen LogP contribution >= 0.6 is 0 Å². The Labute approximate surface area is 171 Å². The molecule has 160 valence electrons. The van der Waals surface area contributed by atoms with E-state index in [0.717, 1.165) is 24.0 Å². The van der Waals surface area contributed by atoms with Crippen LogP contribution in [-0.2, 0) is 9.53 Å². The van der Waals surface area contributed by atoms with Gasteiger partial charge in [-0.15, -0.1) is 0 Å². The number of cyclic esters (lactones) is 1. The van der Waals surface area contributed by atoms with Gasteiger partial charge < -0.3 is 25.2 Å². The second kappa shape index (κ2) is 6.16. The van der Waals surface area contributed by atoms with Crippen molar-refractivity contribution in [2.45, 2.75) is 75.6 Å². The van der Waals surface area contributed by atoms with E-state index in [-0.39, 0.29) is 31.0 Å². The fourth-order valence-electron chi connectivity index (χ4n) is 7.92. The first-order valence-corrected chi connectivity index (χ1v) is 11.0. The van der Waals surface area contributed by atoms with Crippen molar-refractivity contribution in [1.29, 1.82) is 0 Å². The third-order valence-electron chi connectivity index (χ3n) is 9.51. The molecule has 0 aromatic heterocycles. The number of carbonyl (C=O) groups is 1. The fraction of sp³-hybridized carbons (Fsp3) is 0.783. The van der Waals surface area contributed by atoms with E-state index in [9.17, 15) is 25.2 Å². The summed E-state index contributed by atoms with van der Waals surface area (Å²) < 4.78 is 5.13. The molecule has 0 radical (unpaired) electrons. The minimum atomic E-state index is -1.08. The van der Waals surface area contributed by atoms with Gasteiger partial charge in [-0.1, -0.05) is 13.0 Å². The van der Waals surface area contributed by atoms with Crippen LogP contribution in [-0.4, -0.2) is 56.9 Å². The van der Waals surface area contributed by atoms with Gasteiger partial charge in [0.1, 0.15) is 6.61 Å². The SMILES string of the molecule is CC12CCC3C(CCC4(O)CC(O)CCC34CO)C1(O)CC=C2C1=CC(=O)OC1. The molecule has 5 rings (SSSR count). The predicted octanol–water partition coefficient (Wildman–Crippen LogP) is 1.61. The van der Waals surface area contributed by atoms with Gasteiger partial charge in [-0.2, -0.15) is 0 Å². The van der Waals surface area contributed by atoms with Gasteiger partial charge in [0, 0.05) is 28.9 Å². The van der Waals surface area contributed by atoms with Crippen LogP contribution in [0.25, 0.3) is 0 Å². The first kappa shape index (κ1) is 19.7. The van der Waals surface area contributed by atoms with E-state index in [1.165, 1.54) is 0 Å². The number of rotatable bonds is 2. The second-order valence-corrected chi connectivity index (χ2v) is 10.4. The Kier molecular flexibility index (Phi) is 4.19. The number of carbonyl (C=O) groups excluding carboxylic acids is 1. The normalized spacial score (nSPS) is 51.5. The summed E-state index contributed by atoms with van der Waals surface area (Å²) in [5.74, 6) is -0.340. The molecule has 0 bridgehead atoms. The minimum absolute atomic E-state index is 0.0139. The second-order valence-electron chi connectivity index (χ2n) is 10.4. The van der Waals surface area contributed by atoms with Gasteiger partial charge in [-0.25, -0.2) is 4.79 Å². The monoisotopic (exact) mass is 404 g/mol. The molecule has 1 heterocycles. The number of hydrogen-bond acceptors (Lipinski definition) is 6. The van der Waals surface area contributed by atoms with Gasteiger partial charge in [-0.3, -0.25) is 0 Å². The van der Waals surface area contributed by atoms with Crippen LogP contribution in [0.15, 0.2) is 23.3 Å². The molecule has 0 amide bonds. The Bertz CT molecular complexity index is 803. The summed E-state index contributed by atoms with van der Waals surface area (Å²) >= 11 is 0. The zero-order valence-corrected chi connectivity index (χ0v) is 17.1. The standard InChI is InChI=1S/C23H32O6/c1-20-6-3-17-18(4-8-22(27)11-15(25)2-7-21(17,22)13-24)23(20,28)9-5-16(20)14-10-19(26)29-12-14/h5,10,15,17-18,24-25,27-28H,2-4,6-9,11-13H2,1H3. The van der Waals surface area contributed by atoms with Crippen LogP contribution in [0.5, 0.6) is 0 Å². The molecule has 0 spiro atoms. The highest BCUT2D eigenvalue weighted by Crippen LogP contribution is 2.69. The van der Waals surface area contributed by atoms with Crippen molar-refractivity contribution < 1.29 is 30.0 Å². The predicted molar refractivity (Wildman–Crippen MR) is 105 cm³/mol. The van der Waals surface area contributed by atoms with Crippen LogP contribution < -0.4 is 0 Å². The van der Waals surface area contributed by atoms with Crippen LogP contribution in [0.3, 0.4) is 0 Å². The number of esters is 1. The van der Waals surface area contributed by atoms with Crippen molar-refractivity contribution in [3.05, 3.63) is 23.3 Å². The minimum Gasteiger partial charge on any atom is -0.458 e. The number of aliphatic hydroxyl groups is 4. The van der Waals surface area contributed by atoms with Gasteiger partial charge in [0.25, 0.3) is 0 Å². The smallest absolute Gasteiger partial charge is 0.331 e. The lowest BCUT2D eigenvalue weighted by molar-refractivity contribution is -0.264. The van der Waals surface area contributed by atoms with Gasteiger partial charge in [0.2, 0.25) is 0 Å². The molecule has 0 saturated heterocycles. The summed E-state index contributed by atoms with van der Waals surface area (Å²) in [4.78, 5) is 11.6. The van der Waals surface area contributed by atoms with Crippen LogP contribution in [0.4, 0.5) is 0 Å². The maximum Gasteiger partial charge on any atom is 0.331 e. The molecule has 4 aliphatic carbocycles. The van der Waals surface area contributed by atoms with Crippen molar-refractivity contribution in [1.82, 2.24) is 0 Å². The summed E-state index contributed by atoms with van der Waals surface area (Å²) in [6.07, 6.45) is 7.81. The molecule has 0 aromatic carbocycles.